The van der Waals surface area contributed by atoms with Crippen LogP contribution in [0.2, 0.25) is 0 Å². The summed E-state index contributed by atoms with van der Waals surface area (Å²) in [7, 11) is 0. The van der Waals surface area contributed by atoms with Gasteiger partial charge in [-0.25, -0.2) is 0 Å². The lowest BCUT2D eigenvalue weighted by atomic mass is 10.0. The third kappa shape index (κ3) is 3.74. The molecule has 4 nitrogen and oxygen atoms in total. The third-order valence-corrected chi connectivity index (χ3v) is 4.69. The normalized spacial score (nSPS) is 34.3. The zero-order chi connectivity index (χ0) is 14.7. The predicted molar refractivity (Wildman–Crippen MR) is 81.4 cm³/mol. The van der Waals surface area contributed by atoms with Gasteiger partial charge in [0.05, 0.1) is 11.8 Å². The van der Waals surface area contributed by atoms with Gasteiger partial charge in [0.15, 0.2) is 0 Å². The second kappa shape index (κ2) is 6.46. The van der Waals surface area contributed by atoms with Gasteiger partial charge in [-0.1, -0.05) is 24.3 Å². The van der Waals surface area contributed by atoms with Crippen molar-refractivity contribution in [3.05, 3.63) is 24.3 Å². The number of hydrogen-bond donors (Lipinski definition) is 2. The van der Waals surface area contributed by atoms with Gasteiger partial charge < -0.3 is 10.6 Å². The quantitative estimate of drug-likeness (QED) is 0.778. The van der Waals surface area contributed by atoms with Gasteiger partial charge in [-0.15, -0.1) is 0 Å². The lowest BCUT2D eigenvalue weighted by Gasteiger charge is -2.20. The molecule has 0 aromatic heterocycles. The summed E-state index contributed by atoms with van der Waals surface area (Å²) in [4.78, 5) is 24.3. The highest BCUT2D eigenvalue weighted by molar-refractivity contribution is 5.92. The van der Waals surface area contributed by atoms with Crippen molar-refractivity contribution >= 4 is 11.8 Å². The van der Waals surface area contributed by atoms with Crippen LogP contribution < -0.4 is 10.6 Å². The summed E-state index contributed by atoms with van der Waals surface area (Å²) >= 11 is 0. The van der Waals surface area contributed by atoms with Crippen molar-refractivity contribution in [1.82, 2.24) is 10.6 Å². The molecule has 2 amide bonds. The van der Waals surface area contributed by atoms with E-state index in [1.165, 1.54) is 0 Å². The number of carbonyl (C=O) groups is 2. The first-order valence-corrected chi connectivity index (χ1v) is 8.15. The molecule has 4 atom stereocenters. The molecule has 1 saturated carbocycles. The van der Waals surface area contributed by atoms with Crippen LogP contribution in [0.25, 0.3) is 0 Å². The first kappa shape index (κ1) is 14.4. The minimum atomic E-state index is -0.102. The van der Waals surface area contributed by atoms with E-state index in [4.69, 9.17) is 0 Å². The van der Waals surface area contributed by atoms with Crippen LogP contribution in [0.5, 0.6) is 0 Å². The summed E-state index contributed by atoms with van der Waals surface area (Å²) in [6.45, 7) is 0. The monoisotopic (exact) mass is 288 g/mol. The van der Waals surface area contributed by atoms with Crippen molar-refractivity contribution in [3.8, 4) is 0 Å². The molecule has 3 aliphatic carbocycles. The van der Waals surface area contributed by atoms with E-state index >= 15 is 0 Å². The SMILES string of the molecule is O=C(NC1CC=CCC1)[C@@H]1C[C@H]1C(=O)NC1CC=CCC1. The van der Waals surface area contributed by atoms with Crippen molar-refractivity contribution in [2.24, 2.45) is 11.8 Å². The maximum absolute atomic E-state index is 12.2. The fourth-order valence-corrected chi connectivity index (χ4v) is 3.24. The Morgan fingerprint density at radius 2 is 1.24 bits per heavy atom. The van der Waals surface area contributed by atoms with Crippen molar-refractivity contribution in [1.29, 1.82) is 0 Å². The zero-order valence-electron chi connectivity index (χ0n) is 12.4. The summed E-state index contributed by atoms with van der Waals surface area (Å²) in [6.07, 6.45) is 15.2. The van der Waals surface area contributed by atoms with Crippen LogP contribution in [0, 0.1) is 11.8 Å². The molecular formula is C17H24N2O2. The Kier molecular flexibility index (Phi) is 4.42. The van der Waals surface area contributed by atoms with E-state index in [0.29, 0.717) is 6.42 Å². The Balaban J connectivity index is 1.42. The van der Waals surface area contributed by atoms with Gasteiger partial charge in [-0.2, -0.15) is 0 Å². The van der Waals surface area contributed by atoms with Crippen LogP contribution in [0.15, 0.2) is 24.3 Å². The molecule has 4 heteroatoms. The van der Waals surface area contributed by atoms with Crippen molar-refractivity contribution in [3.63, 3.8) is 0 Å². The molecule has 2 N–H and O–H groups in total. The summed E-state index contributed by atoms with van der Waals surface area (Å²) in [5.41, 5.74) is 0. The van der Waals surface area contributed by atoms with Gasteiger partial charge in [0.2, 0.25) is 11.8 Å². The van der Waals surface area contributed by atoms with E-state index in [1.54, 1.807) is 0 Å². The van der Waals surface area contributed by atoms with Gasteiger partial charge in [0.25, 0.3) is 0 Å². The first-order valence-electron chi connectivity index (χ1n) is 8.15. The molecule has 3 aliphatic rings. The van der Waals surface area contributed by atoms with Crippen molar-refractivity contribution in [2.75, 3.05) is 0 Å². The minimum Gasteiger partial charge on any atom is -0.353 e. The van der Waals surface area contributed by atoms with Crippen LogP contribution in [-0.4, -0.2) is 23.9 Å². The van der Waals surface area contributed by atoms with E-state index in [2.05, 4.69) is 34.9 Å². The minimum absolute atomic E-state index is 0.0685. The van der Waals surface area contributed by atoms with E-state index < -0.39 is 0 Å². The van der Waals surface area contributed by atoms with Crippen LogP contribution >= 0.6 is 0 Å². The molecule has 0 aliphatic heterocycles. The fraction of sp³-hybridized carbons (Fsp3) is 0.647. The molecular weight excluding hydrogens is 264 g/mol. The zero-order valence-corrected chi connectivity index (χ0v) is 12.4. The molecule has 2 unspecified atom stereocenters. The standard InChI is InChI=1S/C17H24N2O2/c20-16(18-12-7-3-1-4-8-12)14-11-15(14)17(21)19-13-9-5-2-6-10-13/h1-3,5,12-15H,4,6-11H2,(H,18,20)(H,19,21)/t12?,13?,14-,15-/m1/s1. The largest absolute Gasteiger partial charge is 0.353 e. The van der Waals surface area contributed by atoms with Crippen LogP contribution in [-0.2, 0) is 9.59 Å². The van der Waals surface area contributed by atoms with Crippen LogP contribution in [0.4, 0.5) is 0 Å². The van der Waals surface area contributed by atoms with E-state index in [0.717, 1.165) is 38.5 Å². The average Bonchev–Trinajstić information content (AvgIpc) is 3.30. The Morgan fingerprint density at radius 3 is 1.62 bits per heavy atom. The van der Waals surface area contributed by atoms with Gasteiger partial charge >= 0.3 is 0 Å². The number of hydrogen-bond acceptors (Lipinski definition) is 2. The van der Waals surface area contributed by atoms with Gasteiger partial charge in [-0.3, -0.25) is 9.59 Å². The smallest absolute Gasteiger partial charge is 0.224 e. The number of carbonyl (C=O) groups excluding carboxylic acids is 2. The summed E-state index contributed by atoms with van der Waals surface area (Å²) in [5, 5.41) is 6.18. The van der Waals surface area contributed by atoms with Crippen LogP contribution in [0.1, 0.15) is 44.9 Å². The molecule has 0 spiro atoms. The third-order valence-electron chi connectivity index (χ3n) is 4.69. The molecule has 0 saturated heterocycles. The number of amides is 2. The Hall–Kier alpha value is -1.58. The molecule has 1 fully saturated rings. The molecule has 0 aromatic rings. The second-order valence-electron chi connectivity index (χ2n) is 6.43. The average molecular weight is 288 g/mol. The predicted octanol–water partition coefficient (Wildman–Crippen LogP) is 2.07. The lowest BCUT2D eigenvalue weighted by Crippen LogP contribution is -2.39. The first-order chi connectivity index (χ1) is 10.2. The highest BCUT2D eigenvalue weighted by Gasteiger charge is 2.48. The summed E-state index contributed by atoms with van der Waals surface area (Å²) in [6, 6.07) is 0.519. The molecule has 0 bridgehead atoms. The van der Waals surface area contributed by atoms with Gasteiger partial charge in [0, 0.05) is 12.1 Å². The maximum atomic E-state index is 12.2. The topological polar surface area (TPSA) is 58.2 Å². The Bertz CT molecular complexity index is 427. The Labute approximate surface area is 126 Å². The second-order valence-corrected chi connectivity index (χ2v) is 6.43. The molecule has 114 valence electrons. The molecule has 0 heterocycles. The highest BCUT2D eigenvalue weighted by atomic mass is 16.2. The van der Waals surface area contributed by atoms with Crippen molar-refractivity contribution < 1.29 is 9.59 Å². The van der Waals surface area contributed by atoms with Crippen LogP contribution in [0.3, 0.4) is 0 Å². The van der Waals surface area contributed by atoms with Crippen molar-refractivity contribution in [2.45, 2.75) is 57.0 Å². The fourth-order valence-electron chi connectivity index (χ4n) is 3.24. The lowest BCUT2D eigenvalue weighted by molar-refractivity contribution is -0.128. The van der Waals surface area contributed by atoms with Gasteiger partial charge in [0.1, 0.15) is 0 Å². The molecule has 0 radical (unpaired) electrons. The van der Waals surface area contributed by atoms with Gasteiger partial charge in [-0.05, 0) is 44.9 Å². The Morgan fingerprint density at radius 1 is 0.762 bits per heavy atom. The highest BCUT2D eigenvalue weighted by Crippen LogP contribution is 2.39. The summed E-state index contributed by atoms with van der Waals surface area (Å²) < 4.78 is 0. The van der Waals surface area contributed by atoms with E-state index in [-0.39, 0.29) is 35.7 Å². The van der Waals surface area contributed by atoms with E-state index in [1.807, 2.05) is 0 Å². The number of rotatable bonds is 4. The molecule has 3 rings (SSSR count). The number of nitrogens with one attached hydrogen (secondary N) is 2. The molecule has 21 heavy (non-hydrogen) atoms. The maximum Gasteiger partial charge on any atom is 0.224 e. The molecule has 0 aromatic carbocycles. The summed E-state index contributed by atoms with van der Waals surface area (Å²) in [5.74, 6) is -0.0666. The number of allylic oxidation sites excluding steroid dienone is 2. The van der Waals surface area contributed by atoms with E-state index in [9.17, 15) is 9.59 Å².